The monoisotopic (exact) mass is 384 g/mol. The highest BCUT2D eigenvalue weighted by atomic mass is 32.2. The molecule has 0 saturated heterocycles. The van der Waals surface area contributed by atoms with Crippen molar-refractivity contribution in [3.63, 3.8) is 0 Å². The molecular weight excluding hydrogens is 360 g/mol. The fourth-order valence-corrected chi connectivity index (χ4v) is 3.63. The Morgan fingerprint density at radius 2 is 2.22 bits per heavy atom. The van der Waals surface area contributed by atoms with Gasteiger partial charge in [0.1, 0.15) is 5.52 Å². The Labute approximate surface area is 162 Å². The van der Waals surface area contributed by atoms with E-state index in [2.05, 4.69) is 26.8 Å². The lowest BCUT2D eigenvalue weighted by molar-refractivity contribution is -0.121. The maximum atomic E-state index is 12.0. The topological polar surface area (TPSA) is 112 Å². The van der Waals surface area contributed by atoms with Gasteiger partial charge in [0.15, 0.2) is 5.82 Å². The number of para-hydroxylation sites is 1. The summed E-state index contributed by atoms with van der Waals surface area (Å²) in [5, 5.41) is 3.91. The maximum absolute atomic E-state index is 12.0. The van der Waals surface area contributed by atoms with Crippen molar-refractivity contribution in [2.75, 3.05) is 23.8 Å². The summed E-state index contributed by atoms with van der Waals surface area (Å²) in [7, 11) is 0. The predicted octanol–water partition coefficient (Wildman–Crippen LogP) is 1.77. The lowest BCUT2D eigenvalue weighted by Gasteiger charge is -2.12. The number of thioether (sulfide) groups is 1. The molecule has 3 aromatic rings. The SMILES string of the molecule is [CH2][CH]CSC[C@H](N)C(=O)NCCCn1cnc2c(N)nc3ccccc3c21. The van der Waals surface area contributed by atoms with Crippen molar-refractivity contribution in [2.24, 2.45) is 5.73 Å². The van der Waals surface area contributed by atoms with Crippen LogP contribution in [-0.2, 0) is 11.3 Å². The van der Waals surface area contributed by atoms with Gasteiger partial charge < -0.3 is 21.4 Å². The van der Waals surface area contributed by atoms with Crippen LogP contribution in [0.4, 0.5) is 5.82 Å². The lowest BCUT2D eigenvalue weighted by Crippen LogP contribution is -2.42. The summed E-state index contributed by atoms with van der Waals surface area (Å²) in [6, 6.07) is 7.37. The quantitative estimate of drug-likeness (QED) is 0.485. The summed E-state index contributed by atoms with van der Waals surface area (Å²) in [5.41, 5.74) is 14.5. The number of amides is 1. The molecule has 0 spiro atoms. The van der Waals surface area contributed by atoms with Crippen molar-refractivity contribution >= 4 is 45.4 Å². The molecule has 142 valence electrons. The number of aromatic nitrogens is 3. The van der Waals surface area contributed by atoms with Crippen LogP contribution in [0.3, 0.4) is 0 Å². The molecule has 1 atom stereocenters. The van der Waals surface area contributed by atoms with Crippen LogP contribution < -0.4 is 16.8 Å². The van der Waals surface area contributed by atoms with E-state index in [9.17, 15) is 4.79 Å². The van der Waals surface area contributed by atoms with Crippen molar-refractivity contribution in [1.82, 2.24) is 19.9 Å². The normalized spacial score (nSPS) is 12.5. The first-order valence-corrected chi connectivity index (χ1v) is 9.98. The Morgan fingerprint density at radius 1 is 1.41 bits per heavy atom. The first-order chi connectivity index (χ1) is 13.1. The summed E-state index contributed by atoms with van der Waals surface area (Å²) in [6.07, 6.45) is 4.34. The molecule has 0 saturated carbocycles. The number of carbonyl (C=O) groups excluding carboxylic acids is 1. The average Bonchev–Trinajstić information content (AvgIpc) is 3.10. The van der Waals surface area contributed by atoms with E-state index in [0.717, 1.165) is 28.6 Å². The molecule has 0 aliphatic carbocycles. The van der Waals surface area contributed by atoms with Gasteiger partial charge in [-0.1, -0.05) is 18.2 Å². The van der Waals surface area contributed by atoms with Gasteiger partial charge in [-0.25, -0.2) is 9.97 Å². The molecule has 0 aliphatic rings. The van der Waals surface area contributed by atoms with Gasteiger partial charge in [-0.2, -0.15) is 11.8 Å². The van der Waals surface area contributed by atoms with Crippen molar-refractivity contribution < 1.29 is 4.79 Å². The fraction of sp³-hybridized carbons (Fsp3) is 0.316. The number of nitrogens with two attached hydrogens (primary N) is 2. The van der Waals surface area contributed by atoms with Crippen LogP contribution in [0.15, 0.2) is 30.6 Å². The third-order valence-electron chi connectivity index (χ3n) is 4.23. The van der Waals surface area contributed by atoms with Crippen molar-refractivity contribution in [3.05, 3.63) is 43.9 Å². The molecule has 7 nitrogen and oxygen atoms in total. The van der Waals surface area contributed by atoms with E-state index in [1.54, 1.807) is 24.5 Å². The van der Waals surface area contributed by atoms with Gasteiger partial charge in [-0.15, -0.1) is 0 Å². The predicted molar refractivity (Wildman–Crippen MR) is 112 cm³/mol. The van der Waals surface area contributed by atoms with Crippen LogP contribution >= 0.6 is 11.8 Å². The summed E-state index contributed by atoms with van der Waals surface area (Å²) < 4.78 is 2.06. The highest BCUT2D eigenvalue weighted by Gasteiger charge is 2.14. The minimum absolute atomic E-state index is 0.124. The zero-order chi connectivity index (χ0) is 19.2. The number of nitrogen functional groups attached to an aromatic ring is 1. The zero-order valence-corrected chi connectivity index (χ0v) is 15.9. The van der Waals surface area contributed by atoms with E-state index >= 15 is 0 Å². The Hall–Kier alpha value is -2.32. The molecule has 2 heterocycles. The number of aryl methyl sites for hydroxylation is 1. The number of hydrogen-bond acceptors (Lipinski definition) is 6. The Bertz CT molecular complexity index is 925. The number of hydrogen-bond donors (Lipinski definition) is 3. The van der Waals surface area contributed by atoms with Crippen molar-refractivity contribution in [3.8, 4) is 0 Å². The highest BCUT2D eigenvalue weighted by molar-refractivity contribution is 7.99. The molecule has 27 heavy (non-hydrogen) atoms. The third-order valence-corrected chi connectivity index (χ3v) is 5.29. The molecule has 1 aromatic carbocycles. The summed E-state index contributed by atoms with van der Waals surface area (Å²) >= 11 is 1.60. The second-order valence-electron chi connectivity index (χ2n) is 6.23. The molecule has 0 fully saturated rings. The van der Waals surface area contributed by atoms with Crippen LogP contribution in [0.1, 0.15) is 6.42 Å². The number of rotatable bonds is 9. The lowest BCUT2D eigenvalue weighted by atomic mass is 10.2. The number of imidazole rings is 1. The van der Waals surface area contributed by atoms with Crippen LogP contribution in [-0.4, -0.2) is 44.5 Å². The molecular formula is C19H24N6OS. The van der Waals surface area contributed by atoms with Gasteiger partial charge >= 0.3 is 0 Å². The van der Waals surface area contributed by atoms with Gasteiger partial charge in [0.2, 0.25) is 5.91 Å². The van der Waals surface area contributed by atoms with Gasteiger partial charge in [0.05, 0.1) is 23.4 Å². The highest BCUT2D eigenvalue weighted by Crippen LogP contribution is 2.26. The fourth-order valence-electron chi connectivity index (χ4n) is 2.92. The molecule has 0 aliphatic heterocycles. The molecule has 5 N–H and O–H groups in total. The van der Waals surface area contributed by atoms with Gasteiger partial charge in [0.25, 0.3) is 0 Å². The number of fused-ring (bicyclic) bond motifs is 3. The number of nitrogens with one attached hydrogen (secondary N) is 1. The standard InChI is InChI=1S/C19H24N6OS/c1-2-10-27-11-14(20)19(26)22-8-5-9-25-12-23-16-17(25)13-6-3-4-7-15(13)24-18(16)21/h2-4,6-7,12,14H,1,5,8-11,20H2,(H2,21,24)(H,22,26)/t14-/m0/s1. The molecule has 0 unspecified atom stereocenters. The largest absolute Gasteiger partial charge is 0.382 e. The summed E-state index contributed by atoms with van der Waals surface area (Å²) in [4.78, 5) is 20.8. The van der Waals surface area contributed by atoms with Crippen LogP contribution in [0.5, 0.6) is 0 Å². The average molecular weight is 385 g/mol. The minimum atomic E-state index is -0.501. The number of carbonyl (C=O) groups is 1. The summed E-state index contributed by atoms with van der Waals surface area (Å²) in [6.45, 7) is 4.92. The van der Waals surface area contributed by atoms with E-state index < -0.39 is 6.04 Å². The van der Waals surface area contributed by atoms with E-state index in [4.69, 9.17) is 11.5 Å². The summed E-state index contributed by atoms with van der Waals surface area (Å²) in [5.74, 6) is 1.68. The molecule has 0 bridgehead atoms. The van der Waals surface area contributed by atoms with Gasteiger partial charge in [-0.05, 0) is 31.6 Å². The number of pyridine rings is 1. The van der Waals surface area contributed by atoms with Gasteiger partial charge in [0, 0.05) is 24.2 Å². The molecule has 8 heteroatoms. The second kappa shape index (κ2) is 9.05. The first kappa shape index (κ1) is 19.4. The molecule has 2 radical (unpaired) electrons. The van der Waals surface area contributed by atoms with Crippen molar-refractivity contribution in [1.29, 1.82) is 0 Å². The van der Waals surface area contributed by atoms with E-state index in [-0.39, 0.29) is 5.91 Å². The number of anilines is 1. The van der Waals surface area contributed by atoms with Gasteiger partial charge in [-0.3, -0.25) is 4.79 Å². The smallest absolute Gasteiger partial charge is 0.237 e. The maximum Gasteiger partial charge on any atom is 0.237 e. The molecule has 2 aromatic heterocycles. The van der Waals surface area contributed by atoms with Crippen LogP contribution in [0.25, 0.3) is 21.9 Å². The van der Waals surface area contributed by atoms with E-state index in [1.165, 1.54) is 0 Å². The second-order valence-corrected chi connectivity index (χ2v) is 7.30. The van der Waals surface area contributed by atoms with E-state index in [0.29, 0.717) is 30.2 Å². The zero-order valence-electron chi connectivity index (χ0n) is 15.1. The number of benzene rings is 1. The van der Waals surface area contributed by atoms with Crippen LogP contribution in [0.2, 0.25) is 0 Å². The van der Waals surface area contributed by atoms with Crippen molar-refractivity contribution in [2.45, 2.75) is 19.0 Å². The number of nitrogens with zero attached hydrogens (tertiary/aromatic N) is 3. The molecule has 3 rings (SSSR count). The van der Waals surface area contributed by atoms with Crippen LogP contribution in [0, 0.1) is 13.3 Å². The minimum Gasteiger partial charge on any atom is -0.382 e. The van der Waals surface area contributed by atoms with E-state index in [1.807, 2.05) is 24.3 Å². The first-order valence-electron chi connectivity index (χ1n) is 8.82. The Kier molecular flexibility index (Phi) is 6.52. The Morgan fingerprint density at radius 3 is 3.04 bits per heavy atom. The Balaban J connectivity index is 1.60. The third kappa shape index (κ3) is 4.51. The molecule has 1 amide bonds.